The van der Waals surface area contributed by atoms with Crippen LogP contribution in [0.5, 0.6) is 0 Å². The summed E-state index contributed by atoms with van der Waals surface area (Å²) in [5.74, 6) is -0.313. The number of hydrogen-bond acceptors (Lipinski definition) is 4. The third kappa shape index (κ3) is 4.06. The number of halogens is 2. The molecule has 7 heteroatoms. The van der Waals surface area contributed by atoms with Crippen molar-refractivity contribution in [1.29, 1.82) is 0 Å². The molecular weight excluding hydrogens is 371 g/mol. The summed E-state index contributed by atoms with van der Waals surface area (Å²) in [4.78, 5) is 17.2. The molecule has 3 N–H and O–H groups in total. The lowest BCUT2D eigenvalue weighted by Crippen LogP contribution is -2.44. The summed E-state index contributed by atoms with van der Waals surface area (Å²) in [7, 11) is 2.12. The Balaban J connectivity index is 1.85. The second-order valence-corrected chi connectivity index (χ2v) is 7.44. The molecule has 1 aliphatic rings. The van der Waals surface area contributed by atoms with Crippen molar-refractivity contribution in [1.82, 2.24) is 4.90 Å². The molecule has 1 saturated heterocycles. The van der Waals surface area contributed by atoms with Crippen LogP contribution in [-0.4, -0.2) is 44.0 Å². The van der Waals surface area contributed by atoms with E-state index in [1.54, 1.807) is 18.2 Å². The van der Waals surface area contributed by atoms with Gasteiger partial charge in [-0.1, -0.05) is 23.2 Å². The van der Waals surface area contributed by atoms with E-state index in [1.807, 2.05) is 19.1 Å². The van der Waals surface area contributed by atoms with Crippen LogP contribution in [0.15, 0.2) is 30.3 Å². The molecule has 2 aromatic carbocycles. The number of nitrogens with zero attached hydrogens (tertiary/aromatic N) is 2. The molecule has 1 fully saturated rings. The highest BCUT2D eigenvalue weighted by Crippen LogP contribution is 2.31. The molecule has 1 amide bonds. The van der Waals surface area contributed by atoms with Gasteiger partial charge in [0.1, 0.15) is 0 Å². The first kappa shape index (κ1) is 18.8. The number of nitrogens with two attached hydrogens (primary N) is 1. The van der Waals surface area contributed by atoms with Gasteiger partial charge in [-0.15, -0.1) is 0 Å². The summed E-state index contributed by atoms with van der Waals surface area (Å²) in [6.07, 6.45) is 0. The Morgan fingerprint density at radius 2 is 1.81 bits per heavy atom. The van der Waals surface area contributed by atoms with E-state index in [4.69, 9.17) is 28.9 Å². The number of rotatable bonds is 3. The van der Waals surface area contributed by atoms with Crippen LogP contribution >= 0.6 is 23.2 Å². The first-order chi connectivity index (χ1) is 12.3. The number of carbonyl (C=O) groups excluding carboxylic acids is 1. The van der Waals surface area contributed by atoms with E-state index in [9.17, 15) is 4.79 Å². The number of nitrogen functional groups attached to an aromatic ring is 1. The van der Waals surface area contributed by atoms with Crippen LogP contribution in [0.25, 0.3) is 0 Å². The summed E-state index contributed by atoms with van der Waals surface area (Å²) >= 11 is 12.0. The second-order valence-electron chi connectivity index (χ2n) is 6.59. The first-order valence-corrected chi connectivity index (χ1v) is 9.21. The van der Waals surface area contributed by atoms with Gasteiger partial charge in [-0.25, -0.2) is 0 Å². The summed E-state index contributed by atoms with van der Waals surface area (Å²) in [6.45, 7) is 5.93. The van der Waals surface area contributed by atoms with Gasteiger partial charge in [0.2, 0.25) is 0 Å². The smallest absolute Gasteiger partial charge is 0.257 e. The molecule has 3 rings (SSSR count). The Labute approximate surface area is 163 Å². The predicted molar refractivity (Wildman–Crippen MR) is 110 cm³/mol. The zero-order valence-electron chi connectivity index (χ0n) is 14.9. The third-order valence-corrected chi connectivity index (χ3v) is 5.18. The van der Waals surface area contributed by atoms with Gasteiger partial charge in [0.25, 0.3) is 5.91 Å². The fourth-order valence-corrected chi connectivity index (χ4v) is 3.57. The number of likely N-dealkylation sites (N-methyl/N-ethyl adjacent to an activating group) is 1. The number of carbonyl (C=O) groups is 1. The second kappa shape index (κ2) is 7.74. The lowest BCUT2D eigenvalue weighted by atomic mass is 10.1. The average molecular weight is 393 g/mol. The molecule has 0 saturated carbocycles. The van der Waals surface area contributed by atoms with Gasteiger partial charge in [0, 0.05) is 36.9 Å². The fourth-order valence-electron chi connectivity index (χ4n) is 3.08. The lowest BCUT2D eigenvalue weighted by Gasteiger charge is -2.35. The number of amides is 1. The van der Waals surface area contributed by atoms with Crippen LogP contribution in [-0.2, 0) is 0 Å². The molecule has 5 nitrogen and oxygen atoms in total. The van der Waals surface area contributed by atoms with Crippen molar-refractivity contribution in [2.24, 2.45) is 0 Å². The summed E-state index contributed by atoms with van der Waals surface area (Å²) in [5, 5.41) is 3.66. The highest BCUT2D eigenvalue weighted by atomic mass is 35.5. The van der Waals surface area contributed by atoms with Crippen LogP contribution in [0.4, 0.5) is 17.1 Å². The van der Waals surface area contributed by atoms with Gasteiger partial charge < -0.3 is 20.9 Å². The minimum absolute atomic E-state index is 0.306. The molecule has 0 bridgehead atoms. The van der Waals surface area contributed by atoms with Gasteiger partial charge in [-0.2, -0.15) is 0 Å². The normalized spacial score (nSPS) is 15.2. The van der Waals surface area contributed by atoms with E-state index < -0.39 is 0 Å². The molecule has 0 unspecified atom stereocenters. The molecule has 0 aliphatic carbocycles. The van der Waals surface area contributed by atoms with Crippen molar-refractivity contribution in [3.63, 3.8) is 0 Å². The number of nitrogens with one attached hydrogen (secondary N) is 1. The number of benzene rings is 2. The standard InChI is InChI=1S/C19H22Cl2N4O/c1-12-9-16(22)17(11-18(12)25-7-5-24(2)6-8-25)23-19(26)14-4-3-13(20)10-15(14)21/h3-4,9-11H,5-8,22H2,1-2H3,(H,23,26). The molecule has 0 spiro atoms. The van der Waals surface area contributed by atoms with E-state index in [2.05, 4.69) is 22.2 Å². The molecule has 0 radical (unpaired) electrons. The van der Waals surface area contributed by atoms with E-state index in [0.717, 1.165) is 37.4 Å². The zero-order valence-corrected chi connectivity index (χ0v) is 16.4. The number of piperazine rings is 1. The number of aryl methyl sites for hydroxylation is 1. The topological polar surface area (TPSA) is 61.6 Å². The molecule has 26 heavy (non-hydrogen) atoms. The van der Waals surface area contributed by atoms with Crippen LogP contribution in [0.2, 0.25) is 10.0 Å². The van der Waals surface area contributed by atoms with E-state index in [1.165, 1.54) is 0 Å². The zero-order chi connectivity index (χ0) is 18.8. The Morgan fingerprint density at radius 1 is 1.12 bits per heavy atom. The largest absolute Gasteiger partial charge is 0.397 e. The van der Waals surface area contributed by atoms with Crippen LogP contribution < -0.4 is 16.0 Å². The predicted octanol–water partition coefficient (Wildman–Crippen LogP) is 3.89. The van der Waals surface area contributed by atoms with E-state index in [0.29, 0.717) is 27.0 Å². The minimum Gasteiger partial charge on any atom is -0.397 e. The quantitative estimate of drug-likeness (QED) is 0.777. The van der Waals surface area contributed by atoms with Crippen molar-refractivity contribution >= 4 is 46.2 Å². The van der Waals surface area contributed by atoms with Crippen molar-refractivity contribution in [2.75, 3.05) is 49.2 Å². The van der Waals surface area contributed by atoms with Gasteiger partial charge in [-0.05, 0) is 49.9 Å². The lowest BCUT2D eigenvalue weighted by molar-refractivity contribution is 0.102. The molecule has 0 atom stereocenters. The van der Waals surface area contributed by atoms with Crippen LogP contribution in [0.1, 0.15) is 15.9 Å². The van der Waals surface area contributed by atoms with E-state index in [-0.39, 0.29) is 5.91 Å². The summed E-state index contributed by atoms with van der Waals surface area (Å²) in [5.41, 5.74) is 9.78. The maximum Gasteiger partial charge on any atom is 0.257 e. The average Bonchev–Trinajstić information content (AvgIpc) is 2.58. The molecule has 138 valence electrons. The van der Waals surface area contributed by atoms with Gasteiger partial charge >= 0.3 is 0 Å². The minimum atomic E-state index is -0.313. The maximum atomic E-state index is 12.6. The van der Waals surface area contributed by atoms with Gasteiger partial charge in [-0.3, -0.25) is 4.79 Å². The Kier molecular flexibility index (Phi) is 5.61. The van der Waals surface area contributed by atoms with Crippen molar-refractivity contribution < 1.29 is 4.79 Å². The first-order valence-electron chi connectivity index (χ1n) is 8.45. The molecular formula is C19H22Cl2N4O. The van der Waals surface area contributed by atoms with Crippen LogP contribution in [0.3, 0.4) is 0 Å². The monoisotopic (exact) mass is 392 g/mol. The van der Waals surface area contributed by atoms with Crippen molar-refractivity contribution in [3.05, 3.63) is 51.5 Å². The Hall–Kier alpha value is -1.95. The SMILES string of the molecule is Cc1cc(N)c(NC(=O)c2ccc(Cl)cc2Cl)cc1N1CCN(C)CC1. The van der Waals surface area contributed by atoms with Gasteiger partial charge in [0.05, 0.1) is 22.0 Å². The summed E-state index contributed by atoms with van der Waals surface area (Å²) < 4.78 is 0. The van der Waals surface area contributed by atoms with E-state index >= 15 is 0 Å². The molecule has 2 aromatic rings. The molecule has 1 aliphatic heterocycles. The Bertz CT molecular complexity index is 833. The highest BCUT2D eigenvalue weighted by Gasteiger charge is 2.19. The van der Waals surface area contributed by atoms with Gasteiger partial charge in [0.15, 0.2) is 0 Å². The molecule has 1 heterocycles. The van der Waals surface area contributed by atoms with Crippen LogP contribution in [0, 0.1) is 6.92 Å². The highest BCUT2D eigenvalue weighted by molar-refractivity contribution is 6.37. The number of anilines is 3. The van der Waals surface area contributed by atoms with Crippen molar-refractivity contribution in [2.45, 2.75) is 6.92 Å². The fraction of sp³-hybridized carbons (Fsp3) is 0.316. The molecule has 0 aromatic heterocycles. The summed E-state index contributed by atoms with van der Waals surface area (Å²) in [6, 6.07) is 8.62. The maximum absolute atomic E-state index is 12.6. The number of hydrogen-bond donors (Lipinski definition) is 2. The van der Waals surface area contributed by atoms with Crippen molar-refractivity contribution in [3.8, 4) is 0 Å². The third-order valence-electron chi connectivity index (χ3n) is 4.64. The Morgan fingerprint density at radius 3 is 2.46 bits per heavy atom.